The molecule has 0 amide bonds. The summed E-state index contributed by atoms with van der Waals surface area (Å²) in [6, 6.07) is 18.2. The van der Waals surface area contributed by atoms with Crippen molar-refractivity contribution < 1.29 is 0 Å². The first-order chi connectivity index (χ1) is 9.69. The normalized spacial score (nSPS) is 10.0. The van der Waals surface area contributed by atoms with E-state index in [0.717, 1.165) is 28.0 Å². The van der Waals surface area contributed by atoms with E-state index >= 15 is 0 Å². The number of para-hydroxylation sites is 1. The van der Waals surface area contributed by atoms with Crippen LogP contribution in [0.2, 0.25) is 0 Å². The van der Waals surface area contributed by atoms with Gasteiger partial charge in [-0.2, -0.15) is 5.26 Å². The molecule has 0 atom stereocenters. The molecular weight excluding hydrogens is 314 g/mol. The van der Waals surface area contributed by atoms with Crippen LogP contribution in [0.1, 0.15) is 12.0 Å². The molecule has 2 aromatic carbocycles. The third-order valence-electron chi connectivity index (χ3n) is 2.97. The molecule has 0 fully saturated rings. The fourth-order valence-electron chi connectivity index (χ4n) is 2.11. The average molecular weight is 330 g/mol. The topological polar surface area (TPSA) is 53.0 Å². The van der Waals surface area contributed by atoms with Crippen LogP contribution in [-0.4, -0.2) is 6.54 Å². The van der Waals surface area contributed by atoms with E-state index in [2.05, 4.69) is 45.1 Å². The van der Waals surface area contributed by atoms with Crippen molar-refractivity contribution in [2.75, 3.05) is 17.2 Å². The summed E-state index contributed by atoms with van der Waals surface area (Å²) in [6.45, 7) is 1.43. The predicted octanol–water partition coefficient (Wildman–Crippen LogP) is 3.95. The first kappa shape index (κ1) is 14.4. The van der Waals surface area contributed by atoms with Crippen molar-refractivity contribution >= 4 is 27.3 Å². The summed E-state index contributed by atoms with van der Waals surface area (Å²) in [5.41, 5.74) is 8.85. The lowest BCUT2D eigenvalue weighted by molar-refractivity contribution is 0.798. The van der Waals surface area contributed by atoms with Crippen molar-refractivity contribution in [1.29, 1.82) is 5.26 Å². The second-order valence-corrected chi connectivity index (χ2v) is 5.47. The molecule has 0 aliphatic heterocycles. The quantitative estimate of drug-likeness (QED) is 0.845. The Hall–Kier alpha value is -1.99. The van der Waals surface area contributed by atoms with Crippen LogP contribution in [0, 0.1) is 11.3 Å². The van der Waals surface area contributed by atoms with E-state index in [1.165, 1.54) is 0 Å². The highest BCUT2D eigenvalue weighted by Gasteiger charge is 2.08. The first-order valence-electron chi connectivity index (χ1n) is 6.41. The van der Waals surface area contributed by atoms with Crippen LogP contribution in [0.15, 0.2) is 53.0 Å². The molecule has 20 heavy (non-hydrogen) atoms. The zero-order chi connectivity index (χ0) is 14.4. The highest BCUT2D eigenvalue weighted by molar-refractivity contribution is 9.10. The molecule has 102 valence electrons. The SMILES string of the molecule is N#CCCN(Cc1cc(N)cc(Br)c1)c1ccccc1. The van der Waals surface area contributed by atoms with Crippen LogP contribution < -0.4 is 10.6 Å². The Bertz CT molecular complexity index is 585. The minimum atomic E-state index is 0.498. The van der Waals surface area contributed by atoms with Gasteiger partial charge in [-0.25, -0.2) is 0 Å². The first-order valence-corrected chi connectivity index (χ1v) is 7.20. The lowest BCUT2D eigenvalue weighted by Crippen LogP contribution is -2.23. The minimum absolute atomic E-state index is 0.498. The van der Waals surface area contributed by atoms with E-state index in [9.17, 15) is 0 Å². The molecular formula is C16H16BrN3. The monoisotopic (exact) mass is 329 g/mol. The summed E-state index contributed by atoms with van der Waals surface area (Å²) in [6.07, 6.45) is 0.498. The predicted molar refractivity (Wildman–Crippen MR) is 86.3 cm³/mol. The number of rotatable bonds is 5. The molecule has 0 radical (unpaired) electrons. The molecule has 3 nitrogen and oxygen atoms in total. The Kier molecular flexibility index (Phi) is 5.03. The summed E-state index contributed by atoms with van der Waals surface area (Å²) in [7, 11) is 0. The molecule has 2 N–H and O–H groups in total. The smallest absolute Gasteiger partial charge is 0.0640 e. The number of halogens is 1. The standard InChI is InChI=1S/C16H16BrN3/c17-14-9-13(10-15(19)11-14)12-20(8-4-7-18)16-5-2-1-3-6-16/h1-3,5-6,9-11H,4,8,12,19H2. The number of nitrogen functional groups attached to an aromatic ring is 1. The molecule has 0 heterocycles. The number of hydrogen-bond donors (Lipinski definition) is 1. The van der Waals surface area contributed by atoms with Gasteiger partial charge in [0.25, 0.3) is 0 Å². The molecule has 0 aliphatic carbocycles. The number of nitrogens with two attached hydrogens (primary N) is 1. The average Bonchev–Trinajstić information content (AvgIpc) is 2.43. The molecule has 0 bridgehead atoms. The van der Waals surface area contributed by atoms with Crippen LogP contribution in [0.25, 0.3) is 0 Å². The van der Waals surface area contributed by atoms with E-state index in [-0.39, 0.29) is 0 Å². The van der Waals surface area contributed by atoms with Gasteiger partial charge in [-0.3, -0.25) is 0 Å². The summed E-state index contributed by atoms with van der Waals surface area (Å²) in [4.78, 5) is 2.18. The van der Waals surface area contributed by atoms with Crippen LogP contribution in [0.3, 0.4) is 0 Å². The zero-order valence-electron chi connectivity index (χ0n) is 11.1. The maximum absolute atomic E-state index is 8.81. The number of hydrogen-bond acceptors (Lipinski definition) is 3. The van der Waals surface area contributed by atoms with Gasteiger partial charge in [0, 0.05) is 28.9 Å². The van der Waals surface area contributed by atoms with Gasteiger partial charge in [0.15, 0.2) is 0 Å². The van der Waals surface area contributed by atoms with E-state index in [4.69, 9.17) is 11.0 Å². The number of benzene rings is 2. The Balaban J connectivity index is 2.21. The Morgan fingerprint density at radius 3 is 2.55 bits per heavy atom. The van der Waals surface area contributed by atoms with Gasteiger partial charge >= 0.3 is 0 Å². The van der Waals surface area contributed by atoms with E-state index in [1.807, 2.05) is 30.3 Å². The van der Waals surface area contributed by atoms with Gasteiger partial charge in [-0.1, -0.05) is 34.1 Å². The number of nitriles is 1. The van der Waals surface area contributed by atoms with E-state index in [1.54, 1.807) is 0 Å². The van der Waals surface area contributed by atoms with E-state index in [0.29, 0.717) is 13.0 Å². The van der Waals surface area contributed by atoms with Gasteiger partial charge in [-0.15, -0.1) is 0 Å². The van der Waals surface area contributed by atoms with Crippen molar-refractivity contribution in [3.63, 3.8) is 0 Å². The molecule has 2 rings (SSSR count). The van der Waals surface area contributed by atoms with Crippen molar-refractivity contribution in [3.05, 3.63) is 58.6 Å². The molecule has 0 saturated carbocycles. The van der Waals surface area contributed by atoms with Crippen LogP contribution in [-0.2, 0) is 6.54 Å². The molecule has 2 aromatic rings. The maximum Gasteiger partial charge on any atom is 0.0640 e. The van der Waals surface area contributed by atoms with Gasteiger partial charge in [0.05, 0.1) is 12.5 Å². The molecule has 0 unspecified atom stereocenters. The summed E-state index contributed by atoms with van der Waals surface area (Å²) >= 11 is 3.46. The lowest BCUT2D eigenvalue weighted by Gasteiger charge is -2.24. The van der Waals surface area contributed by atoms with Gasteiger partial charge < -0.3 is 10.6 Å². The van der Waals surface area contributed by atoms with Crippen molar-refractivity contribution in [1.82, 2.24) is 0 Å². The maximum atomic E-state index is 8.81. The summed E-state index contributed by atoms with van der Waals surface area (Å²) < 4.78 is 0.973. The Morgan fingerprint density at radius 2 is 1.90 bits per heavy atom. The largest absolute Gasteiger partial charge is 0.399 e. The fourth-order valence-corrected chi connectivity index (χ4v) is 2.67. The zero-order valence-corrected chi connectivity index (χ0v) is 12.7. The Morgan fingerprint density at radius 1 is 1.15 bits per heavy atom. The second kappa shape index (κ2) is 6.97. The fraction of sp³-hybridized carbons (Fsp3) is 0.188. The highest BCUT2D eigenvalue weighted by Crippen LogP contribution is 2.21. The molecule has 4 heteroatoms. The van der Waals surface area contributed by atoms with Gasteiger partial charge in [0.1, 0.15) is 0 Å². The van der Waals surface area contributed by atoms with Gasteiger partial charge in [0.2, 0.25) is 0 Å². The summed E-state index contributed by atoms with van der Waals surface area (Å²) in [5.74, 6) is 0. The van der Waals surface area contributed by atoms with Crippen LogP contribution in [0.5, 0.6) is 0 Å². The minimum Gasteiger partial charge on any atom is -0.399 e. The van der Waals surface area contributed by atoms with Crippen molar-refractivity contribution in [3.8, 4) is 6.07 Å². The third-order valence-corrected chi connectivity index (χ3v) is 3.43. The number of anilines is 2. The number of nitrogens with zero attached hydrogens (tertiary/aromatic N) is 2. The van der Waals surface area contributed by atoms with Crippen molar-refractivity contribution in [2.45, 2.75) is 13.0 Å². The molecule has 0 aromatic heterocycles. The second-order valence-electron chi connectivity index (χ2n) is 4.56. The summed E-state index contributed by atoms with van der Waals surface area (Å²) in [5, 5.41) is 8.81. The Labute approximate surface area is 127 Å². The molecule has 0 aliphatic rings. The van der Waals surface area contributed by atoms with Crippen LogP contribution in [0.4, 0.5) is 11.4 Å². The third kappa shape index (κ3) is 4.01. The van der Waals surface area contributed by atoms with E-state index < -0.39 is 0 Å². The van der Waals surface area contributed by atoms with Crippen molar-refractivity contribution in [2.24, 2.45) is 0 Å². The highest BCUT2D eigenvalue weighted by atomic mass is 79.9. The van der Waals surface area contributed by atoms with Gasteiger partial charge in [-0.05, 0) is 35.9 Å². The molecule has 0 spiro atoms. The molecule has 0 saturated heterocycles. The lowest BCUT2D eigenvalue weighted by atomic mass is 10.1. The van der Waals surface area contributed by atoms with Crippen LogP contribution >= 0.6 is 15.9 Å².